The molecule has 1 aliphatic heterocycles. The molecule has 0 saturated heterocycles. The van der Waals surface area contributed by atoms with Crippen molar-refractivity contribution in [3.63, 3.8) is 0 Å². The Labute approximate surface area is 182 Å². The molecule has 0 radical (unpaired) electrons. The van der Waals surface area contributed by atoms with Gasteiger partial charge in [0.25, 0.3) is 5.91 Å². The Balaban J connectivity index is 1.72. The number of nitrogens with zero attached hydrogens (tertiary/aromatic N) is 1. The smallest absolute Gasteiger partial charge is 0.290 e. The lowest BCUT2D eigenvalue weighted by atomic mass is 9.98. The Kier molecular flexibility index (Phi) is 6.40. The Morgan fingerprint density at radius 3 is 2.42 bits per heavy atom. The van der Waals surface area contributed by atoms with E-state index in [1.807, 2.05) is 36.4 Å². The molecule has 0 bridgehead atoms. The van der Waals surface area contributed by atoms with Gasteiger partial charge in [0.15, 0.2) is 5.43 Å². The van der Waals surface area contributed by atoms with Crippen LogP contribution in [0.1, 0.15) is 73.7 Å². The summed E-state index contributed by atoms with van der Waals surface area (Å²) in [6.07, 6.45) is 5.16. The second-order valence-corrected chi connectivity index (χ2v) is 8.05. The fourth-order valence-electron chi connectivity index (χ4n) is 4.16. The maximum atomic E-state index is 13.4. The van der Waals surface area contributed by atoms with E-state index in [-0.39, 0.29) is 17.1 Å². The molecule has 3 aromatic rings. The van der Waals surface area contributed by atoms with Crippen LogP contribution in [0.4, 0.5) is 0 Å². The van der Waals surface area contributed by atoms with Crippen molar-refractivity contribution in [1.29, 1.82) is 0 Å². The van der Waals surface area contributed by atoms with Crippen LogP contribution in [0.25, 0.3) is 11.0 Å². The van der Waals surface area contributed by atoms with Crippen LogP contribution in [-0.4, -0.2) is 24.0 Å². The number of fused-ring (bicyclic) bond motifs is 2. The summed E-state index contributed by atoms with van der Waals surface area (Å²) in [6, 6.07) is 14.4. The van der Waals surface area contributed by atoms with Crippen LogP contribution in [0.5, 0.6) is 5.75 Å². The number of carbonyl (C=O) groups excluding carboxylic acids is 1. The number of amides is 1. The normalized spacial score (nSPS) is 15.5. The number of para-hydroxylation sites is 1. The number of ether oxygens (including phenoxy) is 1. The van der Waals surface area contributed by atoms with E-state index in [0.717, 1.165) is 43.4 Å². The van der Waals surface area contributed by atoms with Gasteiger partial charge >= 0.3 is 0 Å². The molecule has 0 fully saturated rings. The zero-order valence-electron chi connectivity index (χ0n) is 18.2. The standard InChI is InChI=1S/C26H29NO4/c1-3-5-9-17-30-19-14-12-18(13-15-19)23-22-24(28)20-10-7-8-11-21(20)31-25(22)26(29)27(23)16-6-4-2/h7-8,10-15,23H,3-6,9,16-17H2,1-2H3/t23-/m1/s1. The van der Waals surface area contributed by atoms with Gasteiger partial charge in [0, 0.05) is 6.54 Å². The summed E-state index contributed by atoms with van der Waals surface area (Å²) in [7, 11) is 0. The summed E-state index contributed by atoms with van der Waals surface area (Å²) in [5, 5.41) is 0.507. The van der Waals surface area contributed by atoms with E-state index in [9.17, 15) is 9.59 Å². The summed E-state index contributed by atoms with van der Waals surface area (Å²) < 4.78 is 11.8. The van der Waals surface area contributed by atoms with E-state index in [1.54, 1.807) is 17.0 Å². The van der Waals surface area contributed by atoms with Crippen LogP contribution in [0.2, 0.25) is 0 Å². The van der Waals surface area contributed by atoms with Crippen LogP contribution < -0.4 is 10.2 Å². The maximum absolute atomic E-state index is 13.4. The highest BCUT2D eigenvalue weighted by Crippen LogP contribution is 2.38. The number of hydrogen-bond donors (Lipinski definition) is 0. The molecular formula is C26H29NO4. The maximum Gasteiger partial charge on any atom is 0.290 e. The summed E-state index contributed by atoms with van der Waals surface area (Å²) in [5.41, 5.74) is 1.66. The molecule has 0 N–H and O–H groups in total. The topological polar surface area (TPSA) is 59.8 Å². The van der Waals surface area contributed by atoms with E-state index >= 15 is 0 Å². The average molecular weight is 420 g/mol. The van der Waals surface area contributed by atoms with E-state index < -0.39 is 6.04 Å². The lowest BCUT2D eigenvalue weighted by Crippen LogP contribution is -2.30. The highest BCUT2D eigenvalue weighted by Gasteiger charge is 2.42. The fraction of sp³-hybridized carbons (Fsp3) is 0.385. The molecule has 0 aliphatic carbocycles. The summed E-state index contributed by atoms with van der Waals surface area (Å²) in [5.74, 6) is 0.760. The SMILES string of the molecule is CCCCCOc1ccc([C@@H]2c3c(oc4ccccc4c3=O)C(=O)N2CCCC)cc1. The molecule has 4 rings (SSSR count). The highest BCUT2D eigenvalue weighted by atomic mass is 16.5. The average Bonchev–Trinajstić information content (AvgIpc) is 3.08. The monoisotopic (exact) mass is 419 g/mol. The molecule has 1 atom stereocenters. The Hall–Kier alpha value is -3.08. The minimum atomic E-state index is -0.441. The third kappa shape index (κ3) is 4.09. The number of benzene rings is 2. The molecule has 5 nitrogen and oxygen atoms in total. The fourth-order valence-corrected chi connectivity index (χ4v) is 4.16. The van der Waals surface area contributed by atoms with Crippen molar-refractivity contribution in [2.24, 2.45) is 0 Å². The van der Waals surface area contributed by atoms with Crippen molar-refractivity contribution in [2.75, 3.05) is 13.2 Å². The van der Waals surface area contributed by atoms with Crippen LogP contribution in [0.15, 0.2) is 57.7 Å². The number of rotatable bonds is 9. The molecule has 0 saturated carbocycles. The van der Waals surface area contributed by atoms with Gasteiger partial charge in [-0.1, -0.05) is 57.4 Å². The largest absolute Gasteiger partial charge is 0.494 e. The molecule has 2 heterocycles. The molecule has 2 aromatic carbocycles. The van der Waals surface area contributed by atoms with Crippen molar-refractivity contribution >= 4 is 16.9 Å². The van der Waals surface area contributed by atoms with Gasteiger partial charge in [-0.15, -0.1) is 0 Å². The molecule has 1 aromatic heterocycles. The first kappa shape index (κ1) is 21.2. The third-order valence-corrected chi connectivity index (χ3v) is 5.84. The van der Waals surface area contributed by atoms with Crippen molar-refractivity contribution < 1.29 is 13.9 Å². The van der Waals surface area contributed by atoms with Gasteiger partial charge in [-0.25, -0.2) is 0 Å². The number of carbonyl (C=O) groups is 1. The van der Waals surface area contributed by atoms with Gasteiger partial charge in [-0.05, 0) is 42.7 Å². The van der Waals surface area contributed by atoms with E-state index in [0.29, 0.717) is 29.7 Å². The van der Waals surface area contributed by atoms with Crippen LogP contribution in [0, 0.1) is 0 Å². The second kappa shape index (κ2) is 9.38. The zero-order chi connectivity index (χ0) is 21.8. The molecule has 162 valence electrons. The minimum absolute atomic E-state index is 0.130. The molecular weight excluding hydrogens is 390 g/mol. The first-order chi connectivity index (χ1) is 15.2. The van der Waals surface area contributed by atoms with Crippen molar-refractivity contribution in [2.45, 2.75) is 52.0 Å². The summed E-state index contributed by atoms with van der Waals surface area (Å²) in [4.78, 5) is 28.4. The van der Waals surface area contributed by atoms with E-state index in [2.05, 4.69) is 13.8 Å². The molecule has 1 amide bonds. The molecule has 0 spiro atoms. The molecule has 5 heteroatoms. The second-order valence-electron chi connectivity index (χ2n) is 8.05. The quantitative estimate of drug-likeness (QED) is 0.417. The molecule has 31 heavy (non-hydrogen) atoms. The van der Waals surface area contributed by atoms with Gasteiger partial charge in [0.1, 0.15) is 11.3 Å². The van der Waals surface area contributed by atoms with Gasteiger partial charge in [0.05, 0.1) is 23.6 Å². The van der Waals surface area contributed by atoms with Crippen LogP contribution in [-0.2, 0) is 0 Å². The van der Waals surface area contributed by atoms with E-state index in [1.165, 1.54) is 0 Å². The summed E-state index contributed by atoms with van der Waals surface area (Å²) in [6.45, 7) is 5.52. The summed E-state index contributed by atoms with van der Waals surface area (Å²) >= 11 is 0. The lowest BCUT2D eigenvalue weighted by molar-refractivity contribution is 0.0725. The Bertz CT molecular complexity index is 1120. The lowest BCUT2D eigenvalue weighted by Gasteiger charge is -2.25. The number of unbranched alkanes of at least 4 members (excludes halogenated alkanes) is 3. The number of hydrogen-bond acceptors (Lipinski definition) is 4. The van der Waals surface area contributed by atoms with Crippen LogP contribution >= 0.6 is 0 Å². The highest BCUT2D eigenvalue weighted by molar-refractivity contribution is 5.99. The van der Waals surface area contributed by atoms with Crippen molar-refractivity contribution in [3.05, 3.63) is 75.6 Å². The Morgan fingerprint density at radius 2 is 1.68 bits per heavy atom. The minimum Gasteiger partial charge on any atom is -0.494 e. The third-order valence-electron chi connectivity index (χ3n) is 5.84. The van der Waals surface area contributed by atoms with Crippen molar-refractivity contribution in [3.8, 4) is 5.75 Å². The Morgan fingerprint density at radius 1 is 0.935 bits per heavy atom. The molecule has 0 unspecified atom stereocenters. The first-order valence-corrected chi connectivity index (χ1v) is 11.2. The van der Waals surface area contributed by atoms with Gasteiger partial charge in [-0.3, -0.25) is 9.59 Å². The van der Waals surface area contributed by atoms with Crippen molar-refractivity contribution in [1.82, 2.24) is 4.90 Å². The van der Waals surface area contributed by atoms with Gasteiger partial charge < -0.3 is 14.1 Å². The van der Waals surface area contributed by atoms with E-state index in [4.69, 9.17) is 9.15 Å². The predicted molar refractivity (Wildman–Crippen MR) is 122 cm³/mol. The van der Waals surface area contributed by atoms with Crippen LogP contribution in [0.3, 0.4) is 0 Å². The van der Waals surface area contributed by atoms with Gasteiger partial charge in [-0.2, -0.15) is 0 Å². The van der Waals surface area contributed by atoms with Gasteiger partial charge in [0.2, 0.25) is 5.76 Å². The molecule has 1 aliphatic rings. The predicted octanol–water partition coefficient (Wildman–Crippen LogP) is 5.71. The zero-order valence-corrected chi connectivity index (χ0v) is 18.2. The first-order valence-electron chi connectivity index (χ1n) is 11.2.